The summed E-state index contributed by atoms with van der Waals surface area (Å²) in [6.45, 7) is 2.88. The second-order valence-corrected chi connectivity index (χ2v) is 6.04. The van der Waals surface area contributed by atoms with Gasteiger partial charge >= 0.3 is 0 Å². The van der Waals surface area contributed by atoms with E-state index in [1.54, 1.807) is 16.0 Å². The average molecular weight is 339 g/mol. The highest BCUT2D eigenvalue weighted by atomic mass is 16.2. The van der Waals surface area contributed by atoms with E-state index in [0.717, 1.165) is 13.0 Å². The van der Waals surface area contributed by atoms with E-state index in [9.17, 15) is 9.59 Å². The molecule has 2 amide bonds. The van der Waals surface area contributed by atoms with Crippen LogP contribution in [0.4, 0.5) is 5.82 Å². The molecule has 1 aliphatic rings. The second-order valence-electron chi connectivity index (χ2n) is 6.04. The van der Waals surface area contributed by atoms with E-state index in [1.807, 2.05) is 30.1 Å². The van der Waals surface area contributed by atoms with E-state index in [2.05, 4.69) is 22.1 Å². The minimum absolute atomic E-state index is 0.143. The van der Waals surface area contributed by atoms with Crippen molar-refractivity contribution in [3.8, 4) is 0 Å². The molecule has 1 saturated heterocycles. The Kier molecular flexibility index (Phi) is 5.23. The van der Waals surface area contributed by atoms with Crippen molar-refractivity contribution < 1.29 is 9.59 Å². The number of carbonyl (C=O) groups excluding carboxylic acids is 2. The Hall–Kier alpha value is -2.96. The van der Waals surface area contributed by atoms with Gasteiger partial charge in [-0.05, 0) is 5.56 Å². The molecule has 0 N–H and O–H groups in total. The first-order valence-corrected chi connectivity index (χ1v) is 8.23. The van der Waals surface area contributed by atoms with Crippen molar-refractivity contribution in [2.75, 3.05) is 38.1 Å². The molecule has 25 heavy (non-hydrogen) atoms. The summed E-state index contributed by atoms with van der Waals surface area (Å²) in [7, 11) is 1.94. The van der Waals surface area contributed by atoms with Gasteiger partial charge in [-0.2, -0.15) is 0 Å². The van der Waals surface area contributed by atoms with Gasteiger partial charge in [0.1, 0.15) is 11.5 Å². The largest absolute Gasteiger partial charge is 0.354 e. The zero-order valence-electron chi connectivity index (χ0n) is 14.2. The zero-order valence-corrected chi connectivity index (χ0v) is 14.2. The lowest BCUT2D eigenvalue weighted by Crippen LogP contribution is -2.48. The Morgan fingerprint density at radius 2 is 1.84 bits per heavy atom. The first-order chi connectivity index (χ1) is 12.2. The van der Waals surface area contributed by atoms with Crippen LogP contribution in [0.3, 0.4) is 0 Å². The molecule has 0 atom stereocenters. The maximum Gasteiger partial charge on any atom is 0.274 e. The van der Waals surface area contributed by atoms with Gasteiger partial charge in [0, 0.05) is 39.8 Å². The van der Waals surface area contributed by atoms with Gasteiger partial charge in [0.25, 0.3) is 5.91 Å². The first-order valence-electron chi connectivity index (χ1n) is 8.23. The molecule has 1 aliphatic heterocycles. The maximum absolute atomic E-state index is 12.5. The summed E-state index contributed by atoms with van der Waals surface area (Å²) in [6.07, 6.45) is 3.96. The highest BCUT2D eigenvalue weighted by Gasteiger charge is 2.22. The van der Waals surface area contributed by atoms with Gasteiger partial charge in [0.2, 0.25) is 6.41 Å². The van der Waals surface area contributed by atoms with Crippen molar-refractivity contribution in [2.45, 2.75) is 6.54 Å². The molecule has 0 unspecified atom stereocenters. The third-order valence-electron chi connectivity index (χ3n) is 4.26. The van der Waals surface area contributed by atoms with Crippen molar-refractivity contribution in [2.24, 2.45) is 0 Å². The van der Waals surface area contributed by atoms with Crippen LogP contribution in [0.5, 0.6) is 0 Å². The molecule has 130 valence electrons. The smallest absolute Gasteiger partial charge is 0.274 e. The lowest BCUT2D eigenvalue weighted by Gasteiger charge is -2.32. The monoisotopic (exact) mass is 339 g/mol. The number of anilines is 1. The Labute approximate surface area is 146 Å². The zero-order chi connectivity index (χ0) is 17.6. The van der Waals surface area contributed by atoms with Gasteiger partial charge in [-0.25, -0.2) is 9.97 Å². The van der Waals surface area contributed by atoms with Gasteiger partial charge in [-0.1, -0.05) is 30.3 Å². The molecule has 0 bridgehead atoms. The number of nitrogens with zero attached hydrogens (tertiary/aromatic N) is 5. The first kappa shape index (κ1) is 16.9. The van der Waals surface area contributed by atoms with Gasteiger partial charge in [0.05, 0.1) is 12.4 Å². The summed E-state index contributed by atoms with van der Waals surface area (Å²) in [5.74, 6) is 0.571. The summed E-state index contributed by atoms with van der Waals surface area (Å²) in [5.41, 5.74) is 1.51. The van der Waals surface area contributed by atoms with Crippen molar-refractivity contribution in [3.63, 3.8) is 0 Å². The fourth-order valence-electron chi connectivity index (χ4n) is 2.76. The number of rotatable bonds is 5. The maximum atomic E-state index is 12.5. The van der Waals surface area contributed by atoms with Gasteiger partial charge in [-0.15, -0.1) is 0 Å². The van der Waals surface area contributed by atoms with Crippen LogP contribution in [0, 0.1) is 0 Å². The van der Waals surface area contributed by atoms with Crippen LogP contribution in [-0.4, -0.2) is 65.3 Å². The molecule has 2 heterocycles. The summed E-state index contributed by atoms with van der Waals surface area (Å²) in [4.78, 5) is 37.2. The number of carbonyl (C=O) groups is 2. The number of hydrogen-bond acceptors (Lipinski definition) is 5. The lowest BCUT2D eigenvalue weighted by molar-refractivity contribution is -0.119. The Morgan fingerprint density at radius 3 is 2.44 bits per heavy atom. The number of aromatic nitrogens is 2. The van der Waals surface area contributed by atoms with Crippen LogP contribution in [0.2, 0.25) is 0 Å². The molecule has 0 spiro atoms. The third kappa shape index (κ3) is 4.12. The standard InChI is InChI=1S/C18H21N5O2/c1-21(13-15-5-3-2-4-6-15)17-12-19-16(11-20-17)18(25)23-9-7-22(14-24)8-10-23/h2-6,11-12,14H,7-10,13H2,1H3. The molecular formula is C18H21N5O2. The summed E-state index contributed by atoms with van der Waals surface area (Å²) in [6, 6.07) is 10.1. The van der Waals surface area contributed by atoms with Gasteiger partial charge in [0.15, 0.2) is 0 Å². The Morgan fingerprint density at radius 1 is 1.12 bits per heavy atom. The van der Waals surface area contributed by atoms with Crippen LogP contribution >= 0.6 is 0 Å². The van der Waals surface area contributed by atoms with E-state index in [-0.39, 0.29) is 5.91 Å². The SMILES string of the molecule is CN(Cc1ccccc1)c1cnc(C(=O)N2CCN(C=O)CC2)cn1. The summed E-state index contributed by atoms with van der Waals surface area (Å²) < 4.78 is 0. The number of piperazine rings is 1. The second kappa shape index (κ2) is 7.74. The van der Waals surface area contributed by atoms with Crippen LogP contribution in [0.25, 0.3) is 0 Å². The van der Waals surface area contributed by atoms with Crippen molar-refractivity contribution >= 4 is 18.1 Å². The fraction of sp³-hybridized carbons (Fsp3) is 0.333. The highest BCUT2D eigenvalue weighted by Crippen LogP contribution is 2.13. The van der Waals surface area contributed by atoms with Crippen molar-refractivity contribution in [1.29, 1.82) is 0 Å². The van der Waals surface area contributed by atoms with Crippen molar-refractivity contribution in [1.82, 2.24) is 19.8 Å². The number of hydrogen-bond donors (Lipinski definition) is 0. The molecule has 7 heteroatoms. The van der Waals surface area contributed by atoms with E-state index >= 15 is 0 Å². The molecule has 3 rings (SSSR count). The summed E-state index contributed by atoms with van der Waals surface area (Å²) in [5, 5.41) is 0. The highest BCUT2D eigenvalue weighted by molar-refractivity contribution is 5.92. The quantitative estimate of drug-likeness (QED) is 0.761. The molecule has 2 aromatic rings. The molecule has 1 fully saturated rings. The van der Waals surface area contributed by atoms with Crippen LogP contribution in [-0.2, 0) is 11.3 Å². The molecule has 1 aromatic carbocycles. The Bertz CT molecular complexity index is 712. The van der Waals surface area contributed by atoms with Gasteiger partial charge < -0.3 is 14.7 Å². The van der Waals surface area contributed by atoms with Crippen LogP contribution in [0.15, 0.2) is 42.7 Å². The topological polar surface area (TPSA) is 69.6 Å². The molecule has 0 saturated carbocycles. The normalized spacial score (nSPS) is 14.3. The van der Waals surface area contributed by atoms with E-state index in [0.29, 0.717) is 37.7 Å². The van der Waals surface area contributed by atoms with Crippen LogP contribution in [0.1, 0.15) is 16.1 Å². The van der Waals surface area contributed by atoms with Crippen molar-refractivity contribution in [3.05, 3.63) is 54.0 Å². The molecule has 0 aliphatic carbocycles. The number of benzene rings is 1. The van der Waals surface area contributed by atoms with Gasteiger partial charge in [-0.3, -0.25) is 9.59 Å². The van der Waals surface area contributed by atoms with E-state index < -0.39 is 0 Å². The predicted octanol–water partition coefficient (Wildman–Crippen LogP) is 1.03. The average Bonchev–Trinajstić information content (AvgIpc) is 2.68. The minimum atomic E-state index is -0.143. The molecule has 1 aromatic heterocycles. The fourth-order valence-corrected chi connectivity index (χ4v) is 2.76. The number of amides is 2. The minimum Gasteiger partial charge on any atom is -0.354 e. The lowest BCUT2D eigenvalue weighted by atomic mass is 10.2. The van der Waals surface area contributed by atoms with E-state index in [4.69, 9.17) is 0 Å². The third-order valence-corrected chi connectivity index (χ3v) is 4.26. The molecule has 7 nitrogen and oxygen atoms in total. The Balaban J connectivity index is 1.61. The molecule has 0 radical (unpaired) electrons. The summed E-state index contributed by atoms with van der Waals surface area (Å²) >= 11 is 0. The molecular weight excluding hydrogens is 318 g/mol. The van der Waals surface area contributed by atoms with E-state index in [1.165, 1.54) is 11.8 Å². The predicted molar refractivity (Wildman–Crippen MR) is 94.1 cm³/mol. The van der Waals surface area contributed by atoms with Crippen LogP contribution < -0.4 is 4.90 Å².